The lowest BCUT2D eigenvalue weighted by atomic mass is 10.1. The average Bonchev–Trinajstić information content (AvgIpc) is 3.03. The lowest BCUT2D eigenvalue weighted by Gasteiger charge is -2.36. The van der Waals surface area contributed by atoms with E-state index in [-0.39, 0.29) is 11.8 Å². The molecule has 1 aromatic carbocycles. The molecule has 0 bridgehead atoms. The smallest absolute Gasteiger partial charge is 0.225 e. The van der Waals surface area contributed by atoms with Gasteiger partial charge in [0, 0.05) is 32.1 Å². The summed E-state index contributed by atoms with van der Waals surface area (Å²) in [7, 11) is 0. The molecule has 2 aromatic heterocycles. The van der Waals surface area contributed by atoms with Crippen LogP contribution in [0, 0.1) is 26.7 Å². The Morgan fingerprint density at radius 1 is 1.03 bits per heavy atom. The molecule has 1 saturated heterocycles. The normalized spacial score (nSPS) is 14.8. The van der Waals surface area contributed by atoms with Crippen LogP contribution in [0.1, 0.15) is 30.9 Å². The molecule has 3 heterocycles. The van der Waals surface area contributed by atoms with Crippen LogP contribution in [-0.2, 0) is 4.79 Å². The van der Waals surface area contributed by atoms with Crippen molar-refractivity contribution in [3.8, 4) is 5.69 Å². The van der Waals surface area contributed by atoms with Gasteiger partial charge in [-0.15, -0.1) is 0 Å². The zero-order valence-corrected chi connectivity index (χ0v) is 17.8. The molecule has 0 unspecified atom stereocenters. The molecule has 0 atom stereocenters. The predicted molar refractivity (Wildman–Crippen MR) is 115 cm³/mol. The maximum Gasteiger partial charge on any atom is 0.225 e. The highest BCUT2D eigenvalue weighted by Crippen LogP contribution is 2.29. The van der Waals surface area contributed by atoms with E-state index in [4.69, 9.17) is 15.1 Å². The van der Waals surface area contributed by atoms with E-state index in [9.17, 15) is 4.79 Å². The number of carbonyl (C=O) groups excluding carboxylic acids is 1. The number of piperazine rings is 1. The van der Waals surface area contributed by atoms with Crippen molar-refractivity contribution in [3.05, 3.63) is 41.3 Å². The van der Waals surface area contributed by atoms with Gasteiger partial charge in [-0.05, 0) is 38.5 Å². The first-order valence-corrected chi connectivity index (χ1v) is 10.2. The minimum Gasteiger partial charge on any atom is -0.352 e. The number of aromatic nitrogens is 4. The maximum atomic E-state index is 12.3. The van der Waals surface area contributed by atoms with Crippen molar-refractivity contribution in [1.82, 2.24) is 24.6 Å². The van der Waals surface area contributed by atoms with Gasteiger partial charge < -0.3 is 9.80 Å². The third-order valence-electron chi connectivity index (χ3n) is 5.43. The summed E-state index contributed by atoms with van der Waals surface area (Å²) in [5.74, 6) is 1.89. The van der Waals surface area contributed by atoms with Crippen LogP contribution < -0.4 is 4.90 Å². The molecule has 7 heteroatoms. The molecular weight excluding hydrogens is 364 g/mol. The maximum absolute atomic E-state index is 12.3. The van der Waals surface area contributed by atoms with Crippen LogP contribution in [0.5, 0.6) is 0 Å². The molecule has 29 heavy (non-hydrogen) atoms. The van der Waals surface area contributed by atoms with Crippen LogP contribution in [0.4, 0.5) is 5.82 Å². The first-order chi connectivity index (χ1) is 13.8. The Morgan fingerprint density at radius 2 is 1.76 bits per heavy atom. The van der Waals surface area contributed by atoms with Gasteiger partial charge in [-0.1, -0.05) is 26.0 Å². The summed E-state index contributed by atoms with van der Waals surface area (Å²) < 4.78 is 1.91. The fraction of sp³-hybridized carbons (Fsp3) is 0.455. The molecule has 1 aliphatic heterocycles. The van der Waals surface area contributed by atoms with Gasteiger partial charge in [-0.25, -0.2) is 14.6 Å². The monoisotopic (exact) mass is 392 g/mol. The van der Waals surface area contributed by atoms with Crippen molar-refractivity contribution in [2.75, 3.05) is 31.1 Å². The summed E-state index contributed by atoms with van der Waals surface area (Å²) in [4.78, 5) is 26.0. The van der Waals surface area contributed by atoms with Crippen LogP contribution >= 0.6 is 0 Å². The standard InChI is InChI=1S/C22H28N6O/c1-14(2)22(29)27-11-9-26(10-12-27)20-19-16(4)25-28(21(19)24-17(5)23-20)18-8-6-7-15(3)13-18/h6-8,13-14H,9-12H2,1-5H3. The molecule has 0 aliphatic carbocycles. The summed E-state index contributed by atoms with van der Waals surface area (Å²) in [6.45, 7) is 12.9. The third kappa shape index (κ3) is 3.57. The number of nitrogens with zero attached hydrogens (tertiary/aromatic N) is 6. The SMILES string of the molecule is Cc1cccc(-n2nc(C)c3c(N4CCN(C(=O)C(C)C)CC4)nc(C)nc32)c1. The van der Waals surface area contributed by atoms with E-state index < -0.39 is 0 Å². The van der Waals surface area contributed by atoms with Gasteiger partial charge in [-0.3, -0.25) is 4.79 Å². The highest BCUT2D eigenvalue weighted by Gasteiger charge is 2.26. The lowest BCUT2D eigenvalue weighted by molar-refractivity contribution is -0.134. The molecule has 7 nitrogen and oxygen atoms in total. The molecular formula is C22H28N6O. The number of hydrogen-bond donors (Lipinski definition) is 0. The van der Waals surface area contributed by atoms with E-state index in [1.165, 1.54) is 5.56 Å². The van der Waals surface area contributed by atoms with Gasteiger partial charge in [0.2, 0.25) is 5.91 Å². The average molecular weight is 393 g/mol. The zero-order chi connectivity index (χ0) is 20.7. The van der Waals surface area contributed by atoms with Crippen molar-refractivity contribution in [2.45, 2.75) is 34.6 Å². The van der Waals surface area contributed by atoms with Crippen molar-refractivity contribution < 1.29 is 4.79 Å². The number of amides is 1. The molecule has 1 amide bonds. The Kier molecular flexibility index (Phi) is 4.98. The molecule has 0 radical (unpaired) electrons. The topological polar surface area (TPSA) is 67.2 Å². The van der Waals surface area contributed by atoms with E-state index >= 15 is 0 Å². The Bertz CT molecular complexity index is 1060. The molecule has 1 fully saturated rings. The minimum absolute atomic E-state index is 0.0318. The molecule has 3 aromatic rings. The predicted octanol–water partition coefficient (Wildman–Crippen LogP) is 3.05. The van der Waals surface area contributed by atoms with E-state index in [1.54, 1.807) is 0 Å². The molecule has 0 N–H and O–H groups in total. The third-order valence-corrected chi connectivity index (χ3v) is 5.43. The minimum atomic E-state index is 0.0318. The molecule has 0 spiro atoms. The van der Waals surface area contributed by atoms with Gasteiger partial charge in [0.1, 0.15) is 11.6 Å². The van der Waals surface area contributed by atoms with Gasteiger partial charge in [0.15, 0.2) is 5.65 Å². The highest BCUT2D eigenvalue weighted by molar-refractivity contribution is 5.91. The summed E-state index contributed by atoms with van der Waals surface area (Å²) >= 11 is 0. The van der Waals surface area contributed by atoms with Crippen LogP contribution in [-0.4, -0.2) is 56.7 Å². The Morgan fingerprint density at radius 3 is 2.41 bits per heavy atom. The van der Waals surface area contributed by atoms with E-state index in [0.29, 0.717) is 13.1 Å². The van der Waals surface area contributed by atoms with Gasteiger partial charge in [0.25, 0.3) is 0 Å². The van der Waals surface area contributed by atoms with E-state index in [1.807, 2.05) is 49.4 Å². The first-order valence-electron chi connectivity index (χ1n) is 10.2. The number of rotatable bonds is 3. The largest absolute Gasteiger partial charge is 0.352 e. The highest BCUT2D eigenvalue weighted by atomic mass is 16.2. The van der Waals surface area contributed by atoms with Crippen LogP contribution in [0.3, 0.4) is 0 Å². The Balaban J connectivity index is 1.72. The van der Waals surface area contributed by atoms with Gasteiger partial charge in [-0.2, -0.15) is 5.10 Å². The summed E-state index contributed by atoms with van der Waals surface area (Å²) in [6.07, 6.45) is 0. The molecule has 0 saturated carbocycles. The van der Waals surface area contributed by atoms with Crippen LogP contribution in [0.15, 0.2) is 24.3 Å². The molecule has 1 aliphatic rings. The lowest BCUT2D eigenvalue weighted by Crippen LogP contribution is -2.50. The van der Waals surface area contributed by atoms with E-state index in [2.05, 4.69) is 24.0 Å². The van der Waals surface area contributed by atoms with Crippen LogP contribution in [0.2, 0.25) is 0 Å². The summed E-state index contributed by atoms with van der Waals surface area (Å²) in [5, 5.41) is 5.77. The van der Waals surface area contributed by atoms with Crippen molar-refractivity contribution in [3.63, 3.8) is 0 Å². The number of benzene rings is 1. The molecule has 152 valence electrons. The van der Waals surface area contributed by atoms with Crippen LogP contribution in [0.25, 0.3) is 16.7 Å². The molecule has 4 rings (SSSR count). The first kappa shape index (κ1) is 19.4. The second kappa shape index (κ2) is 7.46. The summed E-state index contributed by atoms with van der Waals surface area (Å²) in [5.41, 5.74) is 3.92. The van der Waals surface area contributed by atoms with Crippen molar-refractivity contribution in [2.24, 2.45) is 5.92 Å². The van der Waals surface area contributed by atoms with Crippen molar-refractivity contribution >= 4 is 22.8 Å². The van der Waals surface area contributed by atoms with Gasteiger partial charge in [0.05, 0.1) is 16.8 Å². The van der Waals surface area contributed by atoms with Gasteiger partial charge >= 0.3 is 0 Å². The number of carbonyl (C=O) groups is 1. The number of hydrogen-bond acceptors (Lipinski definition) is 5. The van der Waals surface area contributed by atoms with Crippen molar-refractivity contribution in [1.29, 1.82) is 0 Å². The number of fused-ring (bicyclic) bond motifs is 1. The second-order valence-corrected chi connectivity index (χ2v) is 8.10. The zero-order valence-electron chi connectivity index (χ0n) is 17.8. The number of anilines is 1. The fourth-order valence-corrected chi connectivity index (χ4v) is 3.94. The number of aryl methyl sites for hydroxylation is 3. The fourth-order valence-electron chi connectivity index (χ4n) is 3.94. The Hall–Kier alpha value is -2.96. The quantitative estimate of drug-likeness (QED) is 0.685. The Labute approximate surface area is 171 Å². The van der Waals surface area contributed by atoms with E-state index in [0.717, 1.165) is 47.1 Å². The second-order valence-electron chi connectivity index (χ2n) is 8.10. The summed E-state index contributed by atoms with van der Waals surface area (Å²) in [6, 6.07) is 8.27.